The topological polar surface area (TPSA) is 29.5 Å². The van der Waals surface area contributed by atoms with E-state index in [2.05, 4.69) is 19.9 Å². The molecule has 98 valence electrons. The number of fused-ring (bicyclic) bond motifs is 1. The van der Waals surface area contributed by atoms with Crippen LogP contribution in [0, 0.1) is 17.3 Å². The number of hydrogen-bond donors (Lipinski definition) is 1. The predicted molar refractivity (Wildman–Crippen MR) is 69.8 cm³/mol. The summed E-state index contributed by atoms with van der Waals surface area (Å²) in [6.07, 6.45) is 6.70. The summed E-state index contributed by atoms with van der Waals surface area (Å²) in [6, 6.07) is 0. The van der Waals surface area contributed by atoms with Crippen LogP contribution in [0.2, 0.25) is 0 Å². The van der Waals surface area contributed by atoms with Gasteiger partial charge in [-0.15, -0.1) is 0 Å². The molecule has 2 bridgehead atoms. The molecule has 3 atom stereocenters. The van der Waals surface area contributed by atoms with Crippen molar-refractivity contribution in [2.75, 3.05) is 13.2 Å². The second-order valence-electron chi connectivity index (χ2n) is 6.32. The molecule has 1 saturated carbocycles. The Labute approximate surface area is 105 Å². The molecule has 0 saturated heterocycles. The molecule has 3 unspecified atom stereocenters. The van der Waals surface area contributed by atoms with Gasteiger partial charge in [0.25, 0.3) is 0 Å². The number of rotatable bonds is 6. The van der Waals surface area contributed by atoms with Gasteiger partial charge in [0.1, 0.15) is 0 Å². The molecule has 0 heterocycles. The third kappa shape index (κ3) is 2.74. The lowest BCUT2D eigenvalue weighted by Gasteiger charge is -2.56. The van der Waals surface area contributed by atoms with Crippen molar-refractivity contribution in [3.63, 3.8) is 0 Å². The molecule has 1 N–H and O–H groups in total. The van der Waals surface area contributed by atoms with Gasteiger partial charge in [-0.1, -0.05) is 25.5 Å². The van der Waals surface area contributed by atoms with Gasteiger partial charge in [0, 0.05) is 6.61 Å². The molecule has 1 fully saturated rings. The van der Waals surface area contributed by atoms with E-state index >= 15 is 0 Å². The van der Waals surface area contributed by atoms with Crippen LogP contribution < -0.4 is 0 Å². The van der Waals surface area contributed by atoms with E-state index in [1.165, 1.54) is 12.8 Å². The quantitative estimate of drug-likeness (QED) is 0.569. The van der Waals surface area contributed by atoms with Crippen LogP contribution in [0.5, 0.6) is 0 Å². The zero-order valence-electron chi connectivity index (χ0n) is 11.4. The Hall–Kier alpha value is -0.340. The van der Waals surface area contributed by atoms with Crippen LogP contribution in [-0.4, -0.2) is 24.4 Å². The lowest BCUT2D eigenvalue weighted by Crippen LogP contribution is -2.48. The zero-order valence-corrected chi connectivity index (χ0v) is 11.4. The van der Waals surface area contributed by atoms with Crippen LogP contribution >= 0.6 is 0 Å². The minimum absolute atomic E-state index is 0.241. The number of ether oxygens (including phenoxy) is 1. The van der Waals surface area contributed by atoms with Gasteiger partial charge in [0.2, 0.25) is 0 Å². The van der Waals surface area contributed by atoms with Crippen molar-refractivity contribution < 1.29 is 9.84 Å². The third-order valence-electron chi connectivity index (χ3n) is 4.80. The fourth-order valence-electron chi connectivity index (χ4n) is 3.30. The van der Waals surface area contributed by atoms with Crippen LogP contribution in [-0.2, 0) is 4.74 Å². The Balaban J connectivity index is 1.68. The van der Waals surface area contributed by atoms with Gasteiger partial charge >= 0.3 is 0 Å². The number of allylic oxidation sites excluding steroid dienone is 1. The molecule has 0 amide bonds. The molecule has 3 rings (SSSR count). The van der Waals surface area contributed by atoms with Gasteiger partial charge in [0.15, 0.2) is 0 Å². The van der Waals surface area contributed by atoms with Crippen LogP contribution in [0.25, 0.3) is 0 Å². The minimum Gasteiger partial charge on any atom is -0.393 e. The Morgan fingerprint density at radius 1 is 1.47 bits per heavy atom. The lowest BCUT2D eigenvalue weighted by molar-refractivity contribution is -0.0113. The smallest absolute Gasteiger partial charge is 0.0534 e. The Morgan fingerprint density at radius 3 is 2.82 bits per heavy atom. The van der Waals surface area contributed by atoms with Crippen LogP contribution in [0.4, 0.5) is 0 Å². The summed E-state index contributed by atoms with van der Waals surface area (Å²) in [5.41, 5.74) is 2.15. The first kappa shape index (κ1) is 13.1. The molecule has 0 aromatic heterocycles. The summed E-state index contributed by atoms with van der Waals surface area (Å²) < 4.78 is 5.58. The van der Waals surface area contributed by atoms with Crippen LogP contribution in [0.1, 0.15) is 46.5 Å². The van der Waals surface area contributed by atoms with Crippen molar-refractivity contribution in [3.05, 3.63) is 11.6 Å². The molecule has 2 nitrogen and oxygen atoms in total. The Kier molecular flexibility index (Phi) is 3.94. The highest BCUT2D eigenvalue weighted by Crippen LogP contribution is 2.59. The molecule has 3 aliphatic carbocycles. The molecule has 0 radical (unpaired) electrons. The highest BCUT2D eigenvalue weighted by molar-refractivity contribution is 5.23. The molecule has 17 heavy (non-hydrogen) atoms. The maximum absolute atomic E-state index is 9.13. The van der Waals surface area contributed by atoms with Gasteiger partial charge in [-0.05, 0) is 49.9 Å². The third-order valence-corrected chi connectivity index (χ3v) is 4.80. The number of aliphatic hydroxyl groups is 1. The van der Waals surface area contributed by atoms with E-state index in [-0.39, 0.29) is 6.10 Å². The van der Waals surface area contributed by atoms with Crippen molar-refractivity contribution >= 4 is 0 Å². The molecule has 0 aliphatic heterocycles. The van der Waals surface area contributed by atoms with Crippen LogP contribution in [0.3, 0.4) is 0 Å². The van der Waals surface area contributed by atoms with Gasteiger partial charge < -0.3 is 9.84 Å². The first-order valence-corrected chi connectivity index (χ1v) is 6.96. The average Bonchev–Trinajstić information content (AvgIpc) is 2.28. The van der Waals surface area contributed by atoms with Crippen molar-refractivity contribution in [3.8, 4) is 0 Å². The molecule has 3 aliphatic rings. The lowest BCUT2D eigenvalue weighted by atomic mass is 9.48. The second kappa shape index (κ2) is 5.11. The number of aliphatic hydroxyl groups excluding tert-OH is 1. The monoisotopic (exact) mass is 238 g/mol. The Morgan fingerprint density at radius 2 is 2.24 bits per heavy atom. The molecule has 0 aromatic rings. The summed E-state index contributed by atoms with van der Waals surface area (Å²) in [5, 5.41) is 9.13. The fourth-order valence-corrected chi connectivity index (χ4v) is 3.30. The highest BCUT2D eigenvalue weighted by Gasteiger charge is 2.50. The van der Waals surface area contributed by atoms with E-state index in [1.54, 1.807) is 5.57 Å². The van der Waals surface area contributed by atoms with Crippen molar-refractivity contribution in [2.45, 2.75) is 52.6 Å². The summed E-state index contributed by atoms with van der Waals surface area (Å²) >= 11 is 0. The van der Waals surface area contributed by atoms with E-state index in [1.807, 2.05) is 6.92 Å². The van der Waals surface area contributed by atoms with Gasteiger partial charge in [-0.2, -0.15) is 0 Å². The van der Waals surface area contributed by atoms with E-state index in [4.69, 9.17) is 9.84 Å². The minimum atomic E-state index is -0.241. The van der Waals surface area contributed by atoms with Gasteiger partial charge in [-0.25, -0.2) is 0 Å². The maximum atomic E-state index is 9.13. The summed E-state index contributed by atoms with van der Waals surface area (Å²) in [7, 11) is 0. The molecular weight excluding hydrogens is 212 g/mol. The Bertz CT molecular complexity index is 291. The zero-order chi connectivity index (χ0) is 12.5. The fraction of sp³-hybridized carbons (Fsp3) is 0.867. The van der Waals surface area contributed by atoms with Crippen molar-refractivity contribution in [2.24, 2.45) is 17.3 Å². The predicted octanol–water partition coefficient (Wildman–Crippen LogP) is 3.16. The van der Waals surface area contributed by atoms with E-state index in [9.17, 15) is 0 Å². The van der Waals surface area contributed by atoms with E-state index in [0.717, 1.165) is 31.3 Å². The molecular formula is C15H26O2. The summed E-state index contributed by atoms with van der Waals surface area (Å²) in [4.78, 5) is 0. The molecule has 0 spiro atoms. The standard InChI is InChI=1S/C15H26O2/c1-11(16)6-8-17-9-7-12-4-5-13-10-14(12)15(13,2)3/h4,11,13-14,16H,5-10H2,1-3H3. The molecule has 0 aromatic carbocycles. The second-order valence-corrected chi connectivity index (χ2v) is 6.32. The van der Waals surface area contributed by atoms with Gasteiger partial charge in [-0.3, -0.25) is 0 Å². The van der Waals surface area contributed by atoms with Crippen molar-refractivity contribution in [1.82, 2.24) is 0 Å². The van der Waals surface area contributed by atoms with E-state index < -0.39 is 0 Å². The maximum Gasteiger partial charge on any atom is 0.0534 e. The first-order valence-electron chi connectivity index (χ1n) is 6.96. The van der Waals surface area contributed by atoms with E-state index in [0.29, 0.717) is 12.0 Å². The van der Waals surface area contributed by atoms with Crippen LogP contribution in [0.15, 0.2) is 11.6 Å². The summed E-state index contributed by atoms with van der Waals surface area (Å²) in [5.74, 6) is 1.73. The largest absolute Gasteiger partial charge is 0.393 e. The normalized spacial score (nSPS) is 31.6. The van der Waals surface area contributed by atoms with Gasteiger partial charge in [0.05, 0.1) is 12.7 Å². The summed E-state index contributed by atoms with van der Waals surface area (Å²) in [6.45, 7) is 8.13. The molecule has 2 heteroatoms. The highest BCUT2D eigenvalue weighted by atomic mass is 16.5. The average molecular weight is 238 g/mol. The SMILES string of the molecule is CC(O)CCOCCC1=CCC2CC1C2(C)C. The first-order chi connectivity index (χ1) is 8.01. The number of hydrogen-bond acceptors (Lipinski definition) is 2. The van der Waals surface area contributed by atoms with Crippen molar-refractivity contribution in [1.29, 1.82) is 0 Å².